The van der Waals surface area contributed by atoms with Crippen molar-refractivity contribution in [1.82, 2.24) is 4.98 Å². The molecule has 54 valence electrons. The lowest BCUT2D eigenvalue weighted by Gasteiger charge is -1.92. The molecule has 0 aliphatic carbocycles. The number of hydrogen-bond acceptors (Lipinski definition) is 2. The van der Waals surface area contributed by atoms with Crippen molar-refractivity contribution in [2.75, 3.05) is 0 Å². The molecule has 0 saturated heterocycles. The minimum absolute atomic E-state index is 0.189. The number of carbonyl (C=O) groups is 1. The molecule has 4 nitrogen and oxygen atoms in total. The second kappa shape index (κ2) is 2.53. The topological polar surface area (TPSA) is 79.1 Å². The number of carbonyl (C=O) groups excluding carboxylic acids is 1. The fraction of sp³-hybridized carbons (Fsp3) is 0.167. The van der Waals surface area contributed by atoms with Crippen LogP contribution in [-0.2, 0) is 6.61 Å². The van der Waals surface area contributed by atoms with E-state index in [1.807, 2.05) is 0 Å². The number of H-pyrrole nitrogens is 1. The van der Waals surface area contributed by atoms with Crippen molar-refractivity contribution >= 4 is 5.91 Å². The molecule has 0 aliphatic heterocycles. The summed E-state index contributed by atoms with van der Waals surface area (Å²) in [6.07, 6.45) is 1.56. The fourth-order valence-electron chi connectivity index (χ4n) is 0.766. The number of aliphatic hydroxyl groups excluding tert-OH is 1. The number of aromatic nitrogens is 1. The number of nitrogens with one attached hydrogen (secondary N) is 1. The Kier molecular flexibility index (Phi) is 1.73. The van der Waals surface area contributed by atoms with E-state index in [-0.39, 0.29) is 6.61 Å². The standard InChI is InChI=1S/C6H8N2O2/c7-6(10)4-1-2-8-5(4)3-9/h1-2,8-9H,3H2,(H2,7,10). The van der Waals surface area contributed by atoms with Crippen LogP contribution in [0, 0.1) is 0 Å². The molecule has 0 saturated carbocycles. The second-order valence-corrected chi connectivity index (χ2v) is 1.89. The zero-order valence-electron chi connectivity index (χ0n) is 5.29. The van der Waals surface area contributed by atoms with Crippen molar-refractivity contribution in [1.29, 1.82) is 0 Å². The lowest BCUT2D eigenvalue weighted by Crippen LogP contribution is -2.12. The van der Waals surface area contributed by atoms with Gasteiger partial charge in [-0.2, -0.15) is 0 Å². The van der Waals surface area contributed by atoms with Gasteiger partial charge in [-0.3, -0.25) is 4.79 Å². The number of aliphatic hydroxyl groups is 1. The van der Waals surface area contributed by atoms with Crippen molar-refractivity contribution in [3.05, 3.63) is 23.5 Å². The number of aromatic amines is 1. The summed E-state index contributed by atoms with van der Waals surface area (Å²) in [4.78, 5) is 13.2. The number of amides is 1. The van der Waals surface area contributed by atoms with E-state index in [0.29, 0.717) is 11.3 Å². The third-order valence-electron chi connectivity index (χ3n) is 1.26. The molecule has 0 radical (unpaired) electrons. The maximum atomic E-state index is 10.5. The molecule has 1 amide bonds. The Balaban J connectivity index is 3.01. The van der Waals surface area contributed by atoms with Crippen molar-refractivity contribution in [3.63, 3.8) is 0 Å². The third kappa shape index (κ3) is 1.01. The van der Waals surface area contributed by atoms with Gasteiger partial charge in [-0.25, -0.2) is 0 Å². The van der Waals surface area contributed by atoms with Crippen LogP contribution in [0.4, 0.5) is 0 Å². The van der Waals surface area contributed by atoms with Gasteiger partial charge in [0.2, 0.25) is 0 Å². The van der Waals surface area contributed by atoms with Crippen LogP contribution in [0.1, 0.15) is 16.1 Å². The van der Waals surface area contributed by atoms with Crippen LogP contribution in [0.15, 0.2) is 12.3 Å². The van der Waals surface area contributed by atoms with Crippen molar-refractivity contribution in [2.45, 2.75) is 6.61 Å². The molecule has 1 heterocycles. The molecule has 10 heavy (non-hydrogen) atoms. The van der Waals surface area contributed by atoms with E-state index >= 15 is 0 Å². The van der Waals surface area contributed by atoms with Crippen LogP contribution in [0.5, 0.6) is 0 Å². The molecule has 0 atom stereocenters. The number of rotatable bonds is 2. The molecular formula is C6H8N2O2. The first-order valence-electron chi connectivity index (χ1n) is 2.82. The number of hydrogen-bond donors (Lipinski definition) is 3. The van der Waals surface area contributed by atoms with Gasteiger partial charge in [-0.15, -0.1) is 0 Å². The lowest BCUT2D eigenvalue weighted by atomic mass is 10.2. The highest BCUT2D eigenvalue weighted by atomic mass is 16.3. The van der Waals surface area contributed by atoms with Gasteiger partial charge in [0.25, 0.3) is 5.91 Å². The summed E-state index contributed by atoms with van der Waals surface area (Å²) in [6, 6.07) is 1.54. The Bertz CT molecular complexity index is 242. The average Bonchev–Trinajstić information content (AvgIpc) is 2.33. The molecule has 4 heteroatoms. The van der Waals surface area contributed by atoms with E-state index in [1.54, 1.807) is 6.20 Å². The monoisotopic (exact) mass is 140 g/mol. The van der Waals surface area contributed by atoms with Crippen LogP contribution in [0.25, 0.3) is 0 Å². The minimum atomic E-state index is -0.523. The third-order valence-corrected chi connectivity index (χ3v) is 1.26. The largest absolute Gasteiger partial charge is 0.390 e. The molecule has 0 aromatic carbocycles. The molecular weight excluding hydrogens is 132 g/mol. The average molecular weight is 140 g/mol. The van der Waals surface area contributed by atoms with E-state index in [4.69, 9.17) is 10.8 Å². The van der Waals surface area contributed by atoms with Crippen LogP contribution >= 0.6 is 0 Å². The van der Waals surface area contributed by atoms with Crippen LogP contribution < -0.4 is 5.73 Å². The van der Waals surface area contributed by atoms with E-state index in [1.165, 1.54) is 6.07 Å². The van der Waals surface area contributed by atoms with E-state index < -0.39 is 5.91 Å². The zero-order chi connectivity index (χ0) is 7.56. The highest BCUT2D eigenvalue weighted by molar-refractivity contribution is 5.93. The van der Waals surface area contributed by atoms with Gasteiger partial charge in [-0.1, -0.05) is 0 Å². The first-order valence-corrected chi connectivity index (χ1v) is 2.82. The van der Waals surface area contributed by atoms with Crippen LogP contribution in [0.3, 0.4) is 0 Å². The summed E-state index contributed by atoms with van der Waals surface area (Å²) < 4.78 is 0. The number of nitrogens with two attached hydrogens (primary N) is 1. The van der Waals surface area contributed by atoms with Gasteiger partial charge >= 0.3 is 0 Å². The molecule has 0 aliphatic rings. The van der Waals surface area contributed by atoms with Gasteiger partial charge in [-0.05, 0) is 6.07 Å². The molecule has 1 aromatic heterocycles. The molecule has 0 spiro atoms. The Labute approximate surface area is 57.7 Å². The second-order valence-electron chi connectivity index (χ2n) is 1.89. The zero-order valence-corrected chi connectivity index (χ0v) is 5.29. The Morgan fingerprint density at radius 2 is 2.50 bits per heavy atom. The Hall–Kier alpha value is -1.29. The number of primary amides is 1. The van der Waals surface area contributed by atoms with Crippen molar-refractivity contribution < 1.29 is 9.90 Å². The van der Waals surface area contributed by atoms with Gasteiger partial charge in [0.05, 0.1) is 17.9 Å². The minimum Gasteiger partial charge on any atom is -0.390 e. The first-order chi connectivity index (χ1) is 4.75. The SMILES string of the molecule is NC(=O)c1cc[nH]c1CO. The van der Waals surface area contributed by atoms with Gasteiger partial charge < -0.3 is 15.8 Å². The lowest BCUT2D eigenvalue weighted by molar-refractivity contribution is 0.0997. The van der Waals surface area contributed by atoms with E-state index in [2.05, 4.69) is 4.98 Å². The predicted molar refractivity (Wildman–Crippen MR) is 35.2 cm³/mol. The predicted octanol–water partition coefficient (Wildman–Crippen LogP) is -0.394. The first kappa shape index (κ1) is 6.82. The molecule has 1 aromatic rings. The van der Waals surface area contributed by atoms with E-state index in [9.17, 15) is 4.79 Å². The van der Waals surface area contributed by atoms with E-state index in [0.717, 1.165) is 0 Å². The normalized spacial score (nSPS) is 9.70. The quantitative estimate of drug-likeness (QED) is 0.522. The fourth-order valence-corrected chi connectivity index (χ4v) is 0.766. The van der Waals surface area contributed by atoms with Crippen LogP contribution in [-0.4, -0.2) is 16.0 Å². The summed E-state index contributed by atoms with van der Waals surface area (Å²) in [7, 11) is 0. The maximum absolute atomic E-state index is 10.5. The highest BCUT2D eigenvalue weighted by Gasteiger charge is 2.06. The van der Waals surface area contributed by atoms with Crippen molar-refractivity contribution in [2.24, 2.45) is 5.73 Å². The summed E-state index contributed by atoms with van der Waals surface area (Å²) in [5, 5.41) is 8.62. The van der Waals surface area contributed by atoms with Gasteiger partial charge in [0, 0.05) is 6.20 Å². The Morgan fingerprint density at radius 3 is 2.90 bits per heavy atom. The smallest absolute Gasteiger partial charge is 0.250 e. The van der Waals surface area contributed by atoms with Crippen molar-refractivity contribution in [3.8, 4) is 0 Å². The summed E-state index contributed by atoms with van der Waals surface area (Å²) >= 11 is 0. The molecule has 4 N–H and O–H groups in total. The van der Waals surface area contributed by atoms with Gasteiger partial charge in [0.15, 0.2) is 0 Å². The summed E-state index contributed by atoms with van der Waals surface area (Å²) in [5.41, 5.74) is 5.78. The highest BCUT2D eigenvalue weighted by Crippen LogP contribution is 2.04. The molecule has 0 bridgehead atoms. The van der Waals surface area contributed by atoms with Gasteiger partial charge in [0.1, 0.15) is 0 Å². The maximum Gasteiger partial charge on any atom is 0.250 e. The van der Waals surface area contributed by atoms with Crippen LogP contribution in [0.2, 0.25) is 0 Å². The molecule has 1 rings (SSSR count). The Morgan fingerprint density at radius 1 is 1.80 bits per heavy atom. The summed E-state index contributed by atoms with van der Waals surface area (Å²) in [6.45, 7) is -0.189. The molecule has 0 fully saturated rings. The molecule has 0 unspecified atom stereocenters. The summed E-state index contributed by atoms with van der Waals surface area (Å²) in [5.74, 6) is -0.523.